The van der Waals surface area contributed by atoms with Gasteiger partial charge in [0.25, 0.3) is 11.8 Å². The van der Waals surface area contributed by atoms with E-state index in [0.29, 0.717) is 4.90 Å². The van der Waals surface area contributed by atoms with E-state index in [-0.39, 0.29) is 5.56 Å². The number of phenols is 2. The van der Waals surface area contributed by atoms with Crippen molar-refractivity contribution >= 4 is 11.8 Å². The quantitative estimate of drug-likeness (QED) is 0.482. The molecule has 15 heavy (non-hydrogen) atoms. The second-order valence-electron chi connectivity index (χ2n) is 3.15. The molecule has 0 fully saturated rings. The minimum absolute atomic E-state index is 0.240. The SMILES string of the molecule is CN1C(=O)c2cc(O)c(O)c(F)c2C1=O. The summed E-state index contributed by atoms with van der Waals surface area (Å²) in [5.41, 5.74) is -0.742. The second-order valence-corrected chi connectivity index (χ2v) is 3.15. The molecule has 0 radical (unpaired) electrons. The third kappa shape index (κ3) is 1.01. The first-order valence-electron chi connectivity index (χ1n) is 4.02. The van der Waals surface area contributed by atoms with Crippen molar-refractivity contribution < 1.29 is 24.2 Å². The molecule has 0 bridgehead atoms. The number of phenolic OH excluding ortho intramolecular Hbond substituents is 2. The first kappa shape index (κ1) is 9.45. The highest BCUT2D eigenvalue weighted by Gasteiger charge is 2.37. The number of hydrogen-bond donors (Lipinski definition) is 2. The monoisotopic (exact) mass is 211 g/mol. The highest BCUT2D eigenvalue weighted by molar-refractivity contribution is 6.21. The Morgan fingerprint density at radius 2 is 1.87 bits per heavy atom. The second kappa shape index (κ2) is 2.69. The van der Waals surface area contributed by atoms with Gasteiger partial charge in [0.15, 0.2) is 17.3 Å². The number of imide groups is 1. The molecule has 6 heteroatoms. The molecule has 0 unspecified atom stereocenters. The minimum atomic E-state index is -1.27. The van der Waals surface area contributed by atoms with Gasteiger partial charge in [0.2, 0.25) is 0 Å². The number of fused-ring (bicyclic) bond motifs is 1. The van der Waals surface area contributed by atoms with Gasteiger partial charge in [0.05, 0.1) is 11.1 Å². The Hall–Kier alpha value is -2.11. The summed E-state index contributed by atoms with van der Waals surface area (Å²) in [6.07, 6.45) is 0. The molecule has 0 aliphatic carbocycles. The molecule has 2 rings (SSSR count). The zero-order chi connectivity index (χ0) is 11.3. The fourth-order valence-corrected chi connectivity index (χ4v) is 1.44. The van der Waals surface area contributed by atoms with Crippen LogP contribution >= 0.6 is 0 Å². The molecule has 1 aliphatic rings. The van der Waals surface area contributed by atoms with E-state index in [2.05, 4.69) is 0 Å². The van der Waals surface area contributed by atoms with Gasteiger partial charge in [-0.05, 0) is 6.07 Å². The van der Waals surface area contributed by atoms with Crippen molar-refractivity contribution in [3.8, 4) is 11.5 Å². The van der Waals surface area contributed by atoms with Gasteiger partial charge in [-0.3, -0.25) is 14.5 Å². The largest absolute Gasteiger partial charge is 0.504 e. The van der Waals surface area contributed by atoms with Crippen LogP contribution in [0, 0.1) is 5.82 Å². The number of aromatic hydroxyl groups is 2. The summed E-state index contributed by atoms with van der Waals surface area (Å²) in [5, 5.41) is 18.1. The van der Waals surface area contributed by atoms with E-state index in [1.54, 1.807) is 0 Å². The van der Waals surface area contributed by atoms with Crippen molar-refractivity contribution in [3.63, 3.8) is 0 Å². The van der Waals surface area contributed by atoms with E-state index in [1.807, 2.05) is 0 Å². The maximum Gasteiger partial charge on any atom is 0.264 e. The number of rotatable bonds is 0. The number of hydrogen-bond acceptors (Lipinski definition) is 4. The molecular weight excluding hydrogens is 205 g/mol. The number of nitrogens with zero attached hydrogens (tertiary/aromatic N) is 1. The smallest absolute Gasteiger partial charge is 0.264 e. The van der Waals surface area contributed by atoms with E-state index in [4.69, 9.17) is 10.2 Å². The number of halogens is 1. The van der Waals surface area contributed by atoms with Gasteiger partial charge in [0.1, 0.15) is 0 Å². The highest BCUT2D eigenvalue weighted by atomic mass is 19.1. The summed E-state index contributed by atoms with van der Waals surface area (Å²) < 4.78 is 13.4. The predicted octanol–water partition coefficient (Wildman–Crippen LogP) is 0.463. The Morgan fingerprint density at radius 1 is 1.27 bits per heavy atom. The van der Waals surface area contributed by atoms with Gasteiger partial charge < -0.3 is 10.2 Å². The average molecular weight is 211 g/mol. The molecule has 0 spiro atoms. The van der Waals surface area contributed by atoms with Crippen LogP contribution in [0.5, 0.6) is 11.5 Å². The van der Waals surface area contributed by atoms with Gasteiger partial charge in [-0.2, -0.15) is 0 Å². The van der Waals surface area contributed by atoms with Crippen molar-refractivity contribution in [1.29, 1.82) is 0 Å². The van der Waals surface area contributed by atoms with Crippen LogP contribution in [0.1, 0.15) is 20.7 Å². The van der Waals surface area contributed by atoms with Gasteiger partial charge in [-0.15, -0.1) is 0 Å². The van der Waals surface area contributed by atoms with E-state index in [1.165, 1.54) is 7.05 Å². The Morgan fingerprint density at radius 3 is 2.47 bits per heavy atom. The van der Waals surface area contributed by atoms with Gasteiger partial charge in [-0.1, -0.05) is 0 Å². The first-order valence-corrected chi connectivity index (χ1v) is 4.02. The van der Waals surface area contributed by atoms with Crippen molar-refractivity contribution in [2.24, 2.45) is 0 Å². The van der Waals surface area contributed by atoms with Crippen LogP contribution in [0.4, 0.5) is 4.39 Å². The molecule has 2 amide bonds. The topological polar surface area (TPSA) is 77.8 Å². The Balaban J connectivity index is 2.81. The lowest BCUT2D eigenvalue weighted by molar-refractivity contribution is 0.0691. The standard InChI is InChI=1S/C9H6FNO4/c1-11-8(14)3-2-4(12)7(13)6(10)5(3)9(11)15/h2,12-13H,1H3. The number of amides is 2. The number of carbonyl (C=O) groups is 2. The van der Waals surface area contributed by atoms with E-state index >= 15 is 0 Å². The van der Waals surface area contributed by atoms with Crippen LogP contribution in [-0.2, 0) is 0 Å². The van der Waals surface area contributed by atoms with Gasteiger partial charge in [0, 0.05) is 7.05 Å². The van der Waals surface area contributed by atoms with Crippen molar-refractivity contribution in [1.82, 2.24) is 4.90 Å². The fourth-order valence-electron chi connectivity index (χ4n) is 1.44. The zero-order valence-corrected chi connectivity index (χ0v) is 7.61. The summed E-state index contributed by atoms with van der Waals surface area (Å²) in [5.74, 6) is -4.59. The molecule has 2 N–H and O–H groups in total. The third-order valence-corrected chi connectivity index (χ3v) is 2.27. The predicted molar refractivity (Wildman–Crippen MR) is 46.2 cm³/mol. The summed E-state index contributed by atoms with van der Waals surface area (Å²) >= 11 is 0. The molecule has 0 saturated heterocycles. The molecule has 1 aliphatic heterocycles. The lowest BCUT2D eigenvalue weighted by Gasteiger charge is -2.02. The van der Waals surface area contributed by atoms with Crippen LogP contribution in [0.15, 0.2) is 6.07 Å². The van der Waals surface area contributed by atoms with E-state index in [0.717, 1.165) is 6.07 Å². The van der Waals surface area contributed by atoms with E-state index in [9.17, 15) is 14.0 Å². The number of carbonyl (C=O) groups excluding carboxylic acids is 2. The van der Waals surface area contributed by atoms with Crippen LogP contribution in [0.25, 0.3) is 0 Å². The molecule has 78 valence electrons. The molecule has 1 aromatic carbocycles. The Bertz CT molecular complexity index is 497. The number of benzene rings is 1. The highest BCUT2D eigenvalue weighted by Crippen LogP contribution is 2.36. The van der Waals surface area contributed by atoms with Crippen molar-refractivity contribution in [3.05, 3.63) is 23.0 Å². The van der Waals surface area contributed by atoms with Crippen LogP contribution in [0.2, 0.25) is 0 Å². The zero-order valence-electron chi connectivity index (χ0n) is 7.61. The normalized spacial score (nSPS) is 14.7. The molecule has 0 atom stereocenters. The lowest BCUT2D eigenvalue weighted by Crippen LogP contribution is -2.24. The summed E-state index contributed by atoms with van der Waals surface area (Å²) in [6.45, 7) is 0. The molecule has 0 aromatic heterocycles. The maximum absolute atomic E-state index is 13.4. The molecule has 1 aromatic rings. The lowest BCUT2D eigenvalue weighted by atomic mass is 10.1. The summed E-state index contributed by atoms with van der Waals surface area (Å²) in [7, 11) is 1.19. The van der Waals surface area contributed by atoms with Crippen molar-refractivity contribution in [2.45, 2.75) is 0 Å². The molecule has 1 heterocycles. The van der Waals surface area contributed by atoms with Crippen molar-refractivity contribution in [2.75, 3.05) is 7.05 Å². The Labute approximate surface area is 83.4 Å². The molecule has 5 nitrogen and oxygen atoms in total. The van der Waals surface area contributed by atoms with Crippen LogP contribution in [0.3, 0.4) is 0 Å². The van der Waals surface area contributed by atoms with E-state index < -0.39 is 34.7 Å². The summed E-state index contributed by atoms with van der Waals surface area (Å²) in [6, 6.07) is 0.872. The molecular formula is C9H6FNO4. The third-order valence-electron chi connectivity index (χ3n) is 2.27. The molecule has 0 saturated carbocycles. The Kier molecular flexibility index (Phi) is 1.69. The van der Waals surface area contributed by atoms with Gasteiger partial charge in [-0.25, -0.2) is 4.39 Å². The average Bonchev–Trinajstić information content (AvgIpc) is 2.40. The van der Waals surface area contributed by atoms with Gasteiger partial charge >= 0.3 is 0 Å². The maximum atomic E-state index is 13.4. The first-order chi connectivity index (χ1) is 6.95. The minimum Gasteiger partial charge on any atom is -0.504 e. The fraction of sp³-hybridized carbons (Fsp3) is 0.111. The van der Waals surface area contributed by atoms with Crippen LogP contribution < -0.4 is 0 Å². The van der Waals surface area contributed by atoms with Crippen LogP contribution in [-0.4, -0.2) is 34.0 Å². The summed E-state index contributed by atoms with van der Waals surface area (Å²) in [4.78, 5) is 23.4.